The van der Waals surface area contributed by atoms with Crippen molar-refractivity contribution in [2.75, 3.05) is 44.2 Å². The van der Waals surface area contributed by atoms with E-state index in [9.17, 15) is 14.0 Å². The second-order valence-corrected chi connectivity index (χ2v) is 13.9. The van der Waals surface area contributed by atoms with Crippen LogP contribution in [0.25, 0.3) is 28.5 Å². The van der Waals surface area contributed by atoms with Crippen LogP contribution in [-0.2, 0) is 9.59 Å². The van der Waals surface area contributed by atoms with Gasteiger partial charge < -0.3 is 19.4 Å². The fourth-order valence-corrected chi connectivity index (χ4v) is 7.60. The third-order valence-corrected chi connectivity index (χ3v) is 10.4. The highest BCUT2D eigenvalue weighted by Gasteiger charge is 2.30. The molecule has 54 heavy (non-hydrogen) atoms. The maximum Gasteiger partial charge on any atom is 0.249 e. The number of aromatic amines is 1. The lowest BCUT2D eigenvalue weighted by atomic mass is 10.0. The quantitative estimate of drug-likeness (QED) is 0.0846. The average molecular weight is 725 g/mol. The van der Waals surface area contributed by atoms with Crippen LogP contribution in [0.4, 0.5) is 10.2 Å². The molecule has 3 aliphatic heterocycles. The van der Waals surface area contributed by atoms with Crippen molar-refractivity contribution in [2.24, 2.45) is 0 Å². The molecule has 2 aromatic carbocycles. The Morgan fingerprint density at radius 2 is 1.83 bits per heavy atom. The van der Waals surface area contributed by atoms with E-state index in [2.05, 4.69) is 41.9 Å². The first-order valence-corrected chi connectivity index (χ1v) is 18.5. The number of piperidine rings is 1. The topological polar surface area (TPSA) is 139 Å². The van der Waals surface area contributed by atoms with E-state index in [0.717, 1.165) is 97.9 Å². The molecule has 2 atom stereocenters. The molecule has 12 nitrogen and oxygen atoms in total. The number of likely N-dealkylation sites (tertiary alicyclic amines) is 1. The number of nitrogens with one attached hydrogen (secondary N) is 3. The molecule has 0 saturated carbocycles. The lowest BCUT2D eigenvalue weighted by Crippen LogP contribution is -2.46. The average Bonchev–Trinajstić information content (AvgIpc) is 3.97. The number of anilines is 1. The van der Waals surface area contributed by atoms with Crippen molar-refractivity contribution in [1.29, 1.82) is 5.41 Å². The second kappa shape index (κ2) is 15.5. The molecule has 3 fully saturated rings. The Labute approximate surface area is 312 Å². The summed E-state index contributed by atoms with van der Waals surface area (Å²) in [4.78, 5) is 48.2. The predicted molar refractivity (Wildman–Crippen MR) is 205 cm³/mol. The summed E-state index contributed by atoms with van der Waals surface area (Å²) in [5.41, 5.74) is 4.92. The summed E-state index contributed by atoms with van der Waals surface area (Å²) in [5, 5.41) is 11.1. The van der Waals surface area contributed by atoms with Gasteiger partial charge in [-0.15, -0.1) is 0 Å². The van der Waals surface area contributed by atoms with Crippen LogP contribution < -0.4 is 10.2 Å². The Hall–Kier alpha value is -6.13. The normalized spacial score (nSPS) is 19.4. The first-order valence-electron chi connectivity index (χ1n) is 18.5. The molecule has 8 rings (SSSR count). The minimum Gasteiger partial charge on any atom is -0.354 e. The third-order valence-electron chi connectivity index (χ3n) is 10.4. The summed E-state index contributed by atoms with van der Waals surface area (Å²) in [6.07, 6.45) is 10.3. The van der Waals surface area contributed by atoms with Crippen LogP contribution in [0.3, 0.4) is 0 Å². The monoisotopic (exact) mass is 724 g/mol. The van der Waals surface area contributed by atoms with Crippen LogP contribution in [0.5, 0.6) is 0 Å². The maximum absolute atomic E-state index is 13.9. The molecule has 0 radical (unpaired) electrons. The first kappa shape index (κ1) is 34.9. The van der Waals surface area contributed by atoms with Gasteiger partial charge in [-0.1, -0.05) is 36.1 Å². The molecule has 3 N–H and O–H groups in total. The molecule has 5 aromatic rings. The number of rotatable bonds is 8. The maximum atomic E-state index is 13.9. The number of halogens is 1. The second-order valence-electron chi connectivity index (χ2n) is 13.9. The van der Waals surface area contributed by atoms with Crippen molar-refractivity contribution in [3.05, 3.63) is 102 Å². The summed E-state index contributed by atoms with van der Waals surface area (Å²) in [6, 6.07) is 18.0. The fourth-order valence-electron chi connectivity index (χ4n) is 7.60. The van der Waals surface area contributed by atoms with E-state index in [1.54, 1.807) is 36.8 Å². The zero-order chi connectivity index (χ0) is 37.0. The Bertz CT molecular complexity index is 2290. The molecular weight excluding hydrogens is 684 g/mol. The van der Waals surface area contributed by atoms with Crippen molar-refractivity contribution in [3.8, 4) is 23.2 Å². The van der Waals surface area contributed by atoms with E-state index >= 15 is 0 Å². The number of aromatic nitrogens is 5. The van der Waals surface area contributed by atoms with E-state index in [4.69, 9.17) is 10.4 Å². The fraction of sp³-hybridized carbons (Fsp3) is 0.317. The number of carbonyl (C=O) groups excluding carboxylic acids is 2. The molecule has 6 heterocycles. The van der Waals surface area contributed by atoms with Crippen LogP contribution in [0.15, 0.2) is 79.3 Å². The number of para-hydroxylation sites is 1. The van der Waals surface area contributed by atoms with Gasteiger partial charge in [0, 0.05) is 52.1 Å². The zero-order valence-electron chi connectivity index (χ0n) is 29.8. The van der Waals surface area contributed by atoms with Crippen LogP contribution in [0.2, 0.25) is 0 Å². The first-order chi connectivity index (χ1) is 26.4. The van der Waals surface area contributed by atoms with Crippen molar-refractivity contribution in [1.82, 2.24) is 39.6 Å². The number of hydrogen-bond donors (Lipinski definition) is 3. The van der Waals surface area contributed by atoms with Gasteiger partial charge in [-0.25, -0.2) is 19.3 Å². The zero-order valence-corrected chi connectivity index (χ0v) is 29.8. The van der Waals surface area contributed by atoms with Crippen LogP contribution in [-0.4, -0.2) is 91.2 Å². The Morgan fingerprint density at radius 3 is 2.69 bits per heavy atom. The summed E-state index contributed by atoms with van der Waals surface area (Å²) >= 11 is 0. The largest absolute Gasteiger partial charge is 0.354 e. The number of fused-ring (bicyclic) bond motifs is 1. The van der Waals surface area contributed by atoms with Gasteiger partial charge in [0.15, 0.2) is 0 Å². The predicted octanol–water partition coefficient (Wildman–Crippen LogP) is 5.33. The van der Waals surface area contributed by atoms with Crippen molar-refractivity contribution in [3.63, 3.8) is 0 Å². The lowest BCUT2D eigenvalue weighted by molar-refractivity contribution is -0.135. The molecule has 0 spiro atoms. The highest BCUT2D eigenvalue weighted by molar-refractivity contribution is 6.00. The number of amides is 2. The number of piperazine rings is 1. The number of nitrogens with zero attached hydrogens (tertiary/aromatic N) is 7. The van der Waals surface area contributed by atoms with Gasteiger partial charge >= 0.3 is 0 Å². The Morgan fingerprint density at radius 1 is 0.981 bits per heavy atom. The van der Waals surface area contributed by atoms with Gasteiger partial charge in [0.05, 0.1) is 41.0 Å². The van der Waals surface area contributed by atoms with Crippen molar-refractivity contribution in [2.45, 2.75) is 44.2 Å². The van der Waals surface area contributed by atoms with Crippen molar-refractivity contribution < 1.29 is 14.0 Å². The summed E-state index contributed by atoms with van der Waals surface area (Å²) in [6.45, 7) is 5.14. The number of H-pyrrole nitrogens is 1. The van der Waals surface area contributed by atoms with Gasteiger partial charge in [0.2, 0.25) is 11.8 Å². The summed E-state index contributed by atoms with van der Waals surface area (Å²) < 4.78 is 15.7. The Balaban J connectivity index is 0.834. The lowest BCUT2D eigenvalue weighted by Gasteiger charge is -2.35. The molecule has 13 heteroatoms. The van der Waals surface area contributed by atoms with Gasteiger partial charge in [0.1, 0.15) is 34.9 Å². The van der Waals surface area contributed by atoms with E-state index in [1.807, 2.05) is 51.9 Å². The van der Waals surface area contributed by atoms with Gasteiger partial charge in [-0.05, 0) is 73.4 Å². The number of pyridine rings is 1. The van der Waals surface area contributed by atoms with E-state index < -0.39 is 6.04 Å². The number of imidazole rings is 2. The number of benzene rings is 2. The molecule has 3 aliphatic rings. The third kappa shape index (κ3) is 7.51. The number of carbonyl (C=O) groups is 2. The molecule has 2 amide bonds. The van der Waals surface area contributed by atoms with Gasteiger partial charge in [-0.3, -0.25) is 25.2 Å². The standard InChI is InChI=1S/C41H41FN10O2/c42-30-10-3-9-29(25-30)33-13-6-20-51(33)36(43)16-17-37-44-26-32(46-37)31-11-5-14-38(47-31)50-23-21-49(22-24-50)19-2-1-7-28-8-4-12-34-40(28)45-27-52(34)35-15-18-39(53)48-41(35)54/h3-5,8-12,14,16-17,25-27,33,35,43H,2,6,13,15,18-24H2,(H,44,46)(H,48,53,54)/b17-16-,43-36?/t33-,35?/m1/s1. The number of hydrogen-bond acceptors (Lipinski definition) is 8. The molecule has 0 bridgehead atoms. The molecule has 3 saturated heterocycles. The van der Waals surface area contributed by atoms with Crippen LogP contribution in [0.1, 0.15) is 61.1 Å². The number of amidine groups is 1. The van der Waals surface area contributed by atoms with Gasteiger partial charge in [0.25, 0.3) is 0 Å². The molecule has 1 unspecified atom stereocenters. The summed E-state index contributed by atoms with van der Waals surface area (Å²) in [7, 11) is 0. The highest BCUT2D eigenvalue weighted by atomic mass is 19.1. The minimum absolute atomic E-state index is 0.00750. The molecule has 274 valence electrons. The van der Waals surface area contributed by atoms with E-state index in [0.29, 0.717) is 24.5 Å². The molecule has 3 aromatic heterocycles. The molecule has 0 aliphatic carbocycles. The SMILES string of the molecule is N=C(/C=C\c1ncc(-c2cccc(N3CCN(CCC#Cc4cccc5c4ncn5C4CCC(=O)NC4=O)CC3)n2)[nH]1)N1CCC[C@@H]1c1cccc(F)c1. The molecular formula is C41H41FN10O2. The smallest absolute Gasteiger partial charge is 0.249 e. The highest BCUT2D eigenvalue weighted by Crippen LogP contribution is 2.33. The van der Waals surface area contributed by atoms with Gasteiger partial charge in [-0.2, -0.15) is 0 Å². The van der Waals surface area contributed by atoms with E-state index in [-0.39, 0.29) is 23.7 Å². The minimum atomic E-state index is -0.453. The van der Waals surface area contributed by atoms with Crippen LogP contribution in [0, 0.1) is 23.1 Å². The van der Waals surface area contributed by atoms with E-state index in [1.165, 1.54) is 6.07 Å². The summed E-state index contributed by atoms with van der Waals surface area (Å²) in [5.74, 6) is 7.76. The van der Waals surface area contributed by atoms with Crippen molar-refractivity contribution >= 4 is 40.6 Å². The van der Waals surface area contributed by atoms with Crippen LogP contribution >= 0.6 is 0 Å². The number of imide groups is 1. The Kier molecular flexibility index (Phi) is 10.00.